The average molecular weight is 224 g/mol. The maximum Gasteiger partial charge on any atom is 0.307 e. The molecule has 0 bridgehead atoms. The van der Waals surface area contributed by atoms with Crippen LogP contribution in [-0.4, -0.2) is 32.7 Å². The smallest absolute Gasteiger partial charge is 0.307 e. The lowest BCUT2D eigenvalue weighted by Gasteiger charge is -2.23. The predicted octanol–water partition coefficient (Wildman–Crippen LogP) is 0.0849. The third-order valence-corrected chi connectivity index (χ3v) is 2.56. The zero-order chi connectivity index (χ0) is 11.8. The van der Waals surface area contributed by atoms with Crippen LogP contribution in [0, 0.1) is 5.92 Å². The zero-order valence-corrected chi connectivity index (χ0v) is 8.98. The Morgan fingerprint density at radius 1 is 1.69 bits per heavy atom. The molecule has 7 nitrogen and oxygen atoms in total. The number of ether oxygens (including phenoxy) is 1. The van der Waals surface area contributed by atoms with E-state index in [1.807, 2.05) is 0 Å². The predicted molar refractivity (Wildman–Crippen MR) is 53.3 cm³/mol. The molecule has 1 amide bonds. The maximum absolute atomic E-state index is 11.8. The van der Waals surface area contributed by atoms with Crippen molar-refractivity contribution in [2.45, 2.75) is 25.9 Å². The zero-order valence-electron chi connectivity index (χ0n) is 8.98. The molecule has 7 heteroatoms. The molecule has 16 heavy (non-hydrogen) atoms. The van der Waals surface area contributed by atoms with Gasteiger partial charge in [0.25, 0.3) is 0 Å². The molecule has 2 N–H and O–H groups in total. The van der Waals surface area contributed by atoms with Crippen molar-refractivity contribution in [1.82, 2.24) is 15.2 Å². The van der Waals surface area contributed by atoms with E-state index in [2.05, 4.69) is 20.5 Å². The fourth-order valence-corrected chi connectivity index (χ4v) is 1.70. The van der Waals surface area contributed by atoms with Crippen LogP contribution in [0.4, 0.5) is 5.95 Å². The van der Waals surface area contributed by atoms with Gasteiger partial charge in [-0.05, 0) is 13.8 Å². The van der Waals surface area contributed by atoms with Gasteiger partial charge >= 0.3 is 5.97 Å². The van der Waals surface area contributed by atoms with Crippen LogP contribution in [0.25, 0.3) is 0 Å². The van der Waals surface area contributed by atoms with E-state index in [1.165, 1.54) is 6.33 Å². The van der Waals surface area contributed by atoms with Gasteiger partial charge in [0.2, 0.25) is 11.9 Å². The molecular formula is C9H12N4O3. The molecule has 0 saturated carbocycles. The second-order valence-electron chi connectivity index (χ2n) is 4.16. The highest BCUT2D eigenvalue weighted by atomic mass is 16.6. The Morgan fingerprint density at radius 3 is 2.94 bits per heavy atom. The van der Waals surface area contributed by atoms with E-state index < -0.39 is 11.5 Å². The van der Waals surface area contributed by atoms with Crippen LogP contribution in [-0.2, 0) is 14.3 Å². The Balaban J connectivity index is 2.08. The van der Waals surface area contributed by atoms with Gasteiger partial charge in [-0.1, -0.05) is 0 Å². The molecule has 0 aliphatic carbocycles. The second-order valence-corrected chi connectivity index (χ2v) is 4.16. The molecule has 1 aromatic heterocycles. The van der Waals surface area contributed by atoms with Crippen LogP contribution >= 0.6 is 0 Å². The summed E-state index contributed by atoms with van der Waals surface area (Å²) in [6.07, 6.45) is 1.38. The van der Waals surface area contributed by atoms with Gasteiger partial charge < -0.3 is 4.74 Å². The van der Waals surface area contributed by atoms with Gasteiger partial charge in [0, 0.05) is 0 Å². The number of nitrogens with zero attached hydrogens (tertiary/aromatic N) is 2. The molecule has 0 spiro atoms. The van der Waals surface area contributed by atoms with E-state index in [1.54, 1.807) is 13.8 Å². The second kappa shape index (κ2) is 3.58. The molecule has 0 radical (unpaired) electrons. The number of carbonyl (C=O) groups is 2. The Labute approximate surface area is 91.6 Å². The Morgan fingerprint density at radius 2 is 2.44 bits per heavy atom. The number of anilines is 1. The fraction of sp³-hybridized carbons (Fsp3) is 0.556. The molecule has 86 valence electrons. The van der Waals surface area contributed by atoms with Gasteiger partial charge in [-0.2, -0.15) is 10.1 Å². The number of H-pyrrole nitrogens is 1. The van der Waals surface area contributed by atoms with Crippen molar-refractivity contribution in [2.24, 2.45) is 5.92 Å². The number of hydrogen-bond acceptors (Lipinski definition) is 5. The van der Waals surface area contributed by atoms with Gasteiger partial charge in [0.05, 0.1) is 12.3 Å². The summed E-state index contributed by atoms with van der Waals surface area (Å²) in [6, 6.07) is 0. The normalized spacial score (nSPS) is 22.9. The first-order valence-corrected chi connectivity index (χ1v) is 4.87. The minimum absolute atomic E-state index is 0.0902. The lowest BCUT2D eigenvalue weighted by molar-refractivity contribution is -0.147. The highest BCUT2D eigenvalue weighted by Crippen LogP contribution is 2.32. The van der Waals surface area contributed by atoms with Crippen molar-refractivity contribution in [1.29, 1.82) is 0 Å². The molecule has 1 atom stereocenters. The minimum Gasteiger partial charge on any atom is -0.459 e. The third kappa shape index (κ3) is 1.88. The minimum atomic E-state index is -0.777. The molecular weight excluding hydrogens is 212 g/mol. The summed E-state index contributed by atoms with van der Waals surface area (Å²) >= 11 is 0. The van der Waals surface area contributed by atoms with Crippen LogP contribution < -0.4 is 5.32 Å². The number of amides is 1. The van der Waals surface area contributed by atoms with Crippen molar-refractivity contribution >= 4 is 17.8 Å². The van der Waals surface area contributed by atoms with Gasteiger partial charge in [-0.25, -0.2) is 5.10 Å². The van der Waals surface area contributed by atoms with Gasteiger partial charge in [0.1, 0.15) is 11.9 Å². The number of rotatable bonds is 2. The maximum atomic E-state index is 11.8. The number of carbonyl (C=O) groups excluding carboxylic acids is 2. The standard InChI is InChI=1S/C9H12N4O3/c1-9(2)5(3-6(14)16-9)7(15)12-8-10-4-11-13-8/h4-5H,3H2,1-2H3,(H2,10,11,12,13,15)/t5-/m0/s1. The highest BCUT2D eigenvalue weighted by molar-refractivity contribution is 5.95. The Hall–Kier alpha value is -1.92. The number of aromatic amines is 1. The summed E-state index contributed by atoms with van der Waals surface area (Å²) in [5.74, 6) is -0.902. The summed E-state index contributed by atoms with van der Waals surface area (Å²) in [7, 11) is 0. The van der Waals surface area contributed by atoms with Gasteiger partial charge in [-0.15, -0.1) is 0 Å². The molecule has 2 rings (SSSR count). The molecule has 1 aromatic rings. The molecule has 1 fully saturated rings. The number of hydrogen-bond donors (Lipinski definition) is 2. The molecule has 0 aromatic carbocycles. The summed E-state index contributed by atoms with van der Waals surface area (Å²) in [6.45, 7) is 3.42. The average Bonchev–Trinajstić information content (AvgIpc) is 2.73. The van der Waals surface area contributed by atoms with Crippen molar-refractivity contribution in [2.75, 3.05) is 5.32 Å². The van der Waals surface area contributed by atoms with Crippen LogP contribution in [0.5, 0.6) is 0 Å². The van der Waals surface area contributed by atoms with Crippen LogP contribution in [0.3, 0.4) is 0 Å². The lowest BCUT2D eigenvalue weighted by Crippen LogP contribution is -2.36. The largest absolute Gasteiger partial charge is 0.459 e. The number of nitrogens with one attached hydrogen (secondary N) is 2. The van der Waals surface area contributed by atoms with Crippen molar-refractivity contribution in [3.63, 3.8) is 0 Å². The van der Waals surface area contributed by atoms with E-state index in [0.29, 0.717) is 0 Å². The van der Waals surface area contributed by atoms with Crippen LogP contribution in [0.1, 0.15) is 20.3 Å². The number of aromatic nitrogens is 3. The first-order valence-electron chi connectivity index (χ1n) is 4.87. The summed E-state index contributed by atoms with van der Waals surface area (Å²) < 4.78 is 5.06. The summed E-state index contributed by atoms with van der Waals surface area (Å²) in [5.41, 5.74) is -0.777. The lowest BCUT2D eigenvalue weighted by atomic mass is 9.90. The van der Waals surface area contributed by atoms with E-state index >= 15 is 0 Å². The fourth-order valence-electron chi connectivity index (χ4n) is 1.70. The molecule has 2 heterocycles. The topological polar surface area (TPSA) is 97.0 Å². The molecule has 1 aliphatic heterocycles. The molecule has 1 aliphatic rings. The third-order valence-electron chi connectivity index (χ3n) is 2.56. The van der Waals surface area contributed by atoms with E-state index in [9.17, 15) is 9.59 Å². The van der Waals surface area contributed by atoms with E-state index in [4.69, 9.17) is 4.74 Å². The monoisotopic (exact) mass is 224 g/mol. The van der Waals surface area contributed by atoms with E-state index in [0.717, 1.165) is 0 Å². The van der Waals surface area contributed by atoms with Crippen molar-refractivity contribution < 1.29 is 14.3 Å². The molecule has 1 saturated heterocycles. The Kier molecular flexibility index (Phi) is 2.37. The van der Waals surface area contributed by atoms with Crippen LogP contribution in [0.2, 0.25) is 0 Å². The van der Waals surface area contributed by atoms with Crippen molar-refractivity contribution in [3.05, 3.63) is 6.33 Å². The van der Waals surface area contributed by atoms with Gasteiger partial charge in [-0.3, -0.25) is 14.9 Å². The van der Waals surface area contributed by atoms with Crippen molar-refractivity contribution in [3.8, 4) is 0 Å². The first-order chi connectivity index (χ1) is 7.49. The summed E-state index contributed by atoms with van der Waals surface area (Å²) in [5, 5.41) is 8.66. The Bertz CT molecular complexity index is 412. The first kappa shape index (κ1) is 10.6. The summed E-state index contributed by atoms with van der Waals surface area (Å²) in [4.78, 5) is 26.8. The quantitative estimate of drug-likeness (QED) is 0.693. The number of cyclic esters (lactones) is 1. The highest BCUT2D eigenvalue weighted by Gasteiger charge is 2.46. The number of esters is 1. The molecule has 0 unspecified atom stereocenters. The van der Waals surface area contributed by atoms with Crippen LogP contribution in [0.15, 0.2) is 6.33 Å². The van der Waals surface area contributed by atoms with E-state index in [-0.39, 0.29) is 24.2 Å². The van der Waals surface area contributed by atoms with Gasteiger partial charge in [0.15, 0.2) is 0 Å². The SMILES string of the molecule is CC1(C)OC(=O)C[C@H]1C(=O)Nc1ncn[nH]1.